The summed E-state index contributed by atoms with van der Waals surface area (Å²) in [6.07, 6.45) is 10.6. The molecule has 0 saturated heterocycles. The van der Waals surface area contributed by atoms with Gasteiger partial charge in [0.15, 0.2) is 0 Å². The zero-order chi connectivity index (χ0) is 14.2. The molecular weight excluding hydrogens is 248 g/mol. The number of nitrogens with zero attached hydrogens (tertiary/aromatic N) is 2. The Hall–Kier alpha value is -1.32. The van der Waals surface area contributed by atoms with Crippen molar-refractivity contribution < 1.29 is 0 Å². The highest BCUT2D eigenvalue weighted by molar-refractivity contribution is 5.57. The van der Waals surface area contributed by atoms with Crippen molar-refractivity contribution in [3.05, 3.63) is 11.9 Å². The Kier molecular flexibility index (Phi) is 6.09. The van der Waals surface area contributed by atoms with E-state index in [1.165, 1.54) is 37.7 Å². The summed E-state index contributed by atoms with van der Waals surface area (Å²) in [6.45, 7) is 6.35. The summed E-state index contributed by atoms with van der Waals surface area (Å²) in [5, 5.41) is 6.96. The zero-order valence-corrected chi connectivity index (χ0v) is 12.9. The van der Waals surface area contributed by atoms with Gasteiger partial charge in [-0.25, -0.2) is 9.97 Å². The Morgan fingerprint density at radius 1 is 1.05 bits per heavy atom. The minimum Gasteiger partial charge on any atom is -0.370 e. The van der Waals surface area contributed by atoms with Crippen LogP contribution in [-0.4, -0.2) is 23.1 Å². The fourth-order valence-corrected chi connectivity index (χ4v) is 2.93. The molecule has 20 heavy (non-hydrogen) atoms. The highest BCUT2D eigenvalue weighted by Crippen LogP contribution is 2.25. The van der Waals surface area contributed by atoms with Crippen LogP contribution in [0, 0.1) is 5.92 Å². The van der Waals surface area contributed by atoms with E-state index in [2.05, 4.69) is 34.4 Å². The van der Waals surface area contributed by atoms with E-state index in [9.17, 15) is 0 Å². The van der Waals surface area contributed by atoms with Crippen LogP contribution in [0.2, 0.25) is 0 Å². The molecular formula is C16H28N4. The highest BCUT2D eigenvalue weighted by atomic mass is 15.1. The lowest BCUT2D eigenvalue weighted by molar-refractivity contribution is 0.373. The van der Waals surface area contributed by atoms with Crippen LogP contribution < -0.4 is 10.6 Å². The molecule has 1 heterocycles. The normalized spacial score (nSPS) is 16.1. The van der Waals surface area contributed by atoms with Crippen LogP contribution in [-0.2, 0) is 6.42 Å². The lowest BCUT2D eigenvalue weighted by Gasteiger charge is -2.23. The third-order valence-corrected chi connectivity index (χ3v) is 4.12. The van der Waals surface area contributed by atoms with Gasteiger partial charge in [-0.15, -0.1) is 0 Å². The number of aromatic nitrogens is 2. The van der Waals surface area contributed by atoms with Crippen molar-refractivity contribution in [1.82, 2.24) is 9.97 Å². The van der Waals surface area contributed by atoms with E-state index in [0.717, 1.165) is 43.5 Å². The molecule has 1 aliphatic carbocycles. The Morgan fingerprint density at radius 2 is 1.75 bits per heavy atom. The predicted molar refractivity (Wildman–Crippen MR) is 85.3 cm³/mol. The second-order valence-corrected chi connectivity index (χ2v) is 5.71. The zero-order valence-electron chi connectivity index (χ0n) is 12.9. The predicted octanol–water partition coefficient (Wildman–Crippen LogP) is 3.85. The first-order chi connectivity index (χ1) is 9.85. The lowest BCUT2D eigenvalue weighted by Crippen LogP contribution is -2.19. The molecule has 0 amide bonds. The lowest BCUT2D eigenvalue weighted by atomic mass is 9.89. The Balaban J connectivity index is 1.98. The van der Waals surface area contributed by atoms with Gasteiger partial charge in [0.2, 0.25) is 0 Å². The van der Waals surface area contributed by atoms with Gasteiger partial charge in [0, 0.05) is 18.7 Å². The summed E-state index contributed by atoms with van der Waals surface area (Å²) >= 11 is 0. The fraction of sp³-hybridized carbons (Fsp3) is 0.750. The molecule has 1 aromatic heterocycles. The molecule has 4 nitrogen and oxygen atoms in total. The average molecular weight is 276 g/mol. The van der Waals surface area contributed by atoms with Crippen LogP contribution in [0.3, 0.4) is 0 Å². The van der Waals surface area contributed by atoms with Crippen LogP contribution in [0.1, 0.15) is 57.9 Å². The summed E-state index contributed by atoms with van der Waals surface area (Å²) in [5.74, 6) is 2.83. The molecule has 1 saturated carbocycles. The first-order valence-corrected chi connectivity index (χ1v) is 8.16. The molecule has 4 heteroatoms. The summed E-state index contributed by atoms with van der Waals surface area (Å²) < 4.78 is 0. The number of rotatable bonds is 7. The van der Waals surface area contributed by atoms with Gasteiger partial charge in [-0.2, -0.15) is 0 Å². The van der Waals surface area contributed by atoms with Crippen LogP contribution in [0.5, 0.6) is 0 Å². The van der Waals surface area contributed by atoms with Gasteiger partial charge in [-0.3, -0.25) is 0 Å². The smallest absolute Gasteiger partial charge is 0.134 e. The van der Waals surface area contributed by atoms with Crippen molar-refractivity contribution in [2.75, 3.05) is 23.7 Å². The van der Waals surface area contributed by atoms with Gasteiger partial charge in [-0.05, 0) is 31.6 Å². The van der Waals surface area contributed by atoms with E-state index >= 15 is 0 Å². The third-order valence-electron chi connectivity index (χ3n) is 4.12. The van der Waals surface area contributed by atoms with Crippen LogP contribution >= 0.6 is 0 Å². The molecule has 2 N–H and O–H groups in total. The van der Waals surface area contributed by atoms with Gasteiger partial charge < -0.3 is 10.6 Å². The molecule has 0 atom stereocenters. The second kappa shape index (κ2) is 8.08. The Bertz CT molecular complexity index is 399. The van der Waals surface area contributed by atoms with E-state index in [0.29, 0.717) is 0 Å². The SMILES string of the molecule is CCCNc1ncnc(NCC2CCCCC2)c1CC. The van der Waals surface area contributed by atoms with Crippen molar-refractivity contribution in [1.29, 1.82) is 0 Å². The molecule has 0 unspecified atom stereocenters. The van der Waals surface area contributed by atoms with E-state index in [4.69, 9.17) is 0 Å². The van der Waals surface area contributed by atoms with Gasteiger partial charge in [0.1, 0.15) is 18.0 Å². The maximum absolute atomic E-state index is 4.44. The first-order valence-electron chi connectivity index (χ1n) is 8.16. The molecule has 1 aromatic rings. The topological polar surface area (TPSA) is 49.8 Å². The first kappa shape index (κ1) is 15.1. The van der Waals surface area contributed by atoms with Crippen molar-refractivity contribution in [3.63, 3.8) is 0 Å². The number of hydrogen-bond acceptors (Lipinski definition) is 4. The van der Waals surface area contributed by atoms with Gasteiger partial charge in [0.05, 0.1) is 0 Å². The average Bonchev–Trinajstić information content (AvgIpc) is 2.51. The van der Waals surface area contributed by atoms with E-state index in [-0.39, 0.29) is 0 Å². The third kappa shape index (κ3) is 4.09. The minimum absolute atomic E-state index is 0.815. The maximum Gasteiger partial charge on any atom is 0.134 e. The standard InChI is InChI=1S/C16H28N4/c1-3-10-17-15-14(4-2)16(20-12-19-15)18-11-13-8-6-5-7-9-13/h12-13H,3-11H2,1-2H3,(H2,17,18,19,20). The Morgan fingerprint density at radius 3 is 2.40 bits per heavy atom. The summed E-state index contributed by atoms with van der Waals surface area (Å²) in [7, 11) is 0. The number of anilines is 2. The fourth-order valence-electron chi connectivity index (χ4n) is 2.93. The van der Waals surface area contributed by atoms with Gasteiger partial charge >= 0.3 is 0 Å². The molecule has 0 spiro atoms. The summed E-state index contributed by atoms with van der Waals surface area (Å²) in [6, 6.07) is 0. The summed E-state index contributed by atoms with van der Waals surface area (Å²) in [5.41, 5.74) is 1.22. The van der Waals surface area contributed by atoms with Gasteiger partial charge in [-0.1, -0.05) is 33.1 Å². The van der Waals surface area contributed by atoms with Crippen LogP contribution in [0.25, 0.3) is 0 Å². The molecule has 112 valence electrons. The van der Waals surface area contributed by atoms with Crippen molar-refractivity contribution in [2.24, 2.45) is 5.92 Å². The van der Waals surface area contributed by atoms with Crippen molar-refractivity contribution >= 4 is 11.6 Å². The molecule has 0 aliphatic heterocycles. The maximum atomic E-state index is 4.44. The highest BCUT2D eigenvalue weighted by Gasteiger charge is 2.15. The Labute approximate surface area is 122 Å². The minimum atomic E-state index is 0.815. The van der Waals surface area contributed by atoms with Gasteiger partial charge in [0.25, 0.3) is 0 Å². The van der Waals surface area contributed by atoms with Crippen LogP contribution in [0.15, 0.2) is 6.33 Å². The van der Waals surface area contributed by atoms with E-state index < -0.39 is 0 Å². The van der Waals surface area contributed by atoms with E-state index in [1.54, 1.807) is 6.33 Å². The molecule has 2 rings (SSSR count). The molecule has 0 radical (unpaired) electrons. The van der Waals surface area contributed by atoms with Crippen LogP contribution in [0.4, 0.5) is 11.6 Å². The van der Waals surface area contributed by atoms with Crippen molar-refractivity contribution in [3.8, 4) is 0 Å². The second-order valence-electron chi connectivity index (χ2n) is 5.71. The summed E-state index contributed by atoms with van der Waals surface area (Å²) in [4.78, 5) is 8.82. The largest absolute Gasteiger partial charge is 0.370 e. The number of hydrogen-bond donors (Lipinski definition) is 2. The monoisotopic (exact) mass is 276 g/mol. The van der Waals surface area contributed by atoms with Crippen molar-refractivity contribution in [2.45, 2.75) is 58.8 Å². The molecule has 1 fully saturated rings. The number of nitrogens with one attached hydrogen (secondary N) is 2. The molecule has 0 aromatic carbocycles. The van der Waals surface area contributed by atoms with E-state index in [1.807, 2.05) is 0 Å². The molecule has 0 bridgehead atoms. The quantitative estimate of drug-likeness (QED) is 0.794. The molecule has 1 aliphatic rings.